The number of ether oxygens (including phenoxy) is 1. The molecule has 0 aliphatic carbocycles. The molecule has 3 N–H and O–H groups in total. The van der Waals surface area contributed by atoms with Gasteiger partial charge in [0.1, 0.15) is 0 Å². The SMILES string of the molecule is CCCS(=O)(=O)Nc1cccc(NC(=O)CC2COCCN2)c1C.Cl. The predicted octanol–water partition coefficient (Wildman–Crippen LogP) is 1.89. The molecule has 0 bridgehead atoms. The summed E-state index contributed by atoms with van der Waals surface area (Å²) in [7, 11) is -3.36. The summed E-state index contributed by atoms with van der Waals surface area (Å²) in [6, 6.07) is 5.17. The van der Waals surface area contributed by atoms with E-state index in [-0.39, 0.29) is 30.1 Å². The van der Waals surface area contributed by atoms with E-state index < -0.39 is 10.0 Å². The Balaban J connectivity index is 0.00000312. The lowest BCUT2D eigenvalue weighted by Gasteiger charge is -2.23. The highest BCUT2D eigenvalue weighted by atomic mass is 35.5. The van der Waals surface area contributed by atoms with Crippen LogP contribution in [0.5, 0.6) is 0 Å². The Morgan fingerprint density at radius 2 is 2.08 bits per heavy atom. The van der Waals surface area contributed by atoms with Gasteiger partial charge < -0.3 is 15.4 Å². The minimum Gasteiger partial charge on any atom is -0.378 e. The fourth-order valence-corrected chi connectivity index (χ4v) is 3.74. The molecule has 1 aromatic carbocycles. The molecule has 1 aliphatic heterocycles. The van der Waals surface area contributed by atoms with Crippen molar-refractivity contribution >= 4 is 39.7 Å². The average Bonchev–Trinajstić information content (AvgIpc) is 2.52. The number of morpholine rings is 1. The van der Waals surface area contributed by atoms with Gasteiger partial charge in [-0.15, -0.1) is 12.4 Å². The fraction of sp³-hybridized carbons (Fsp3) is 0.562. The Bertz CT molecular complexity index is 676. The molecule has 1 unspecified atom stereocenters. The molecule has 2 rings (SSSR count). The third kappa shape index (κ3) is 6.81. The molecule has 1 saturated heterocycles. The van der Waals surface area contributed by atoms with Crippen molar-refractivity contribution < 1.29 is 17.9 Å². The quantitative estimate of drug-likeness (QED) is 0.659. The summed E-state index contributed by atoms with van der Waals surface area (Å²) in [5, 5.41) is 6.08. The lowest BCUT2D eigenvalue weighted by molar-refractivity contribution is -0.117. The summed E-state index contributed by atoms with van der Waals surface area (Å²) in [5.41, 5.74) is 1.78. The van der Waals surface area contributed by atoms with Crippen molar-refractivity contribution in [2.45, 2.75) is 32.7 Å². The van der Waals surface area contributed by atoms with E-state index in [4.69, 9.17) is 4.74 Å². The normalized spacial score (nSPS) is 17.4. The molecule has 7 nitrogen and oxygen atoms in total. The molecule has 0 saturated carbocycles. The van der Waals surface area contributed by atoms with Crippen LogP contribution in [-0.4, -0.2) is 45.9 Å². The van der Waals surface area contributed by atoms with Gasteiger partial charge in [0, 0.05) is 24.7 Å². The largest absolute Gasteiger partial charge is 0.378 e. The summed E-state index contributed by atoms with van der Waals surface area (Å²) in [4.78, 5) is 12.2. The molecule has 1 atom stereocenters. The summed E-state index contributed by atoms with van der Waals surface area (Å²) >= 11 is 0. The van der Waals surface area contributed by atoms with Gasteiger partial charge in [-0.1, -0.05) is 13.0 Å². The molecule has 1 amide bonds. The molecule has 1 aliphatic rings. The standard InChI is InChI=1S/C16H25N3O4S.ClH/c1-3-9-24(21,22)19-15-6-4-5-14(12(15)2)18-16(20)10-13-11-23-8-7-17-13;/h4-6,13,17,19H,3,7-11H2,1-2H3,(H,18,20);1H. The Morgan fingerprint density at radius 1 is 1.36 bits per heavy atom. The Labute approximate surface area is 155 Å². The van der Waals surface area contributed by atoms with Gasteiger partial charge in [0.25, 0.3) is 0 Å². The number of sulfonamides is 1. The number of benzene rings is 1. The molecule has 0 spiro atoms. The Morgan fingerprint density at radius 3 is 2.72 bits per heavy atom. The smallest absolute Gasteiger partial charge is 0.232 e. The van der Waals surface area contributed by atoms with Gasteiger partial charge in [-0.3, -0.25) is 9.52 Å². The second kappa shape index (κ2) is 9.96. The van der Waals surface area contributed by atoms with E-state index in [0.717, 1.165) is 6.54 Å². The van der Waals surface area contributed by atoms with Gasteiger partial charge in [0.15, 0.2) is 0 Å². The third-order valence-electron chi connectivity index (χ3n) is 3.78. The Kier molecular flexibility index (Phi) is 8.64. The molecule has 1 heterocycles. The number of carbonyl (C=O) groups is 1. The van der Waals surface area contributed by atoms with Gasteiger partial charge in [-0.2, -0.15) is 0 Å². The number of nitrogens with one attached hydrogen (secondary N) is 3. The van der Waals surface area contributed by atoms with Crippen LogP contribution < -0.4 is 15.4 Å². The summed E-state index contributed by atoms with van der Waals surface area (Å²) < 4.78 is 31.8. The highest BCUT2D eigenvalue weighted by Crippen LogP contribution is 2.24. The molecule has 142 valence electrons. The van der Waals surface area contributed by atoms with Crippen molar-refractivity contribution in [3.05, 3.63) is 23.8 Å². The number of amides is 1. The zero-order valence-electron chi connectivity index (χ0n) is 14.5. The van der Waals surface area contributed by atoms with E-state index in [1.165, 1.54) is 0 Å². The van der Waals surface area contributed by atoms with Crippen LogP contribution in [0.1, 0.15) is 25.3 Å². The molecule has 0 aromatic heterocycles. The Hall–Kier alpha value is -1.35. The first kappa shape index (κ1) is 21.7. The topological polar surface area (TPSA) is 96.5 Å². The summed E-state index contributed by atoms with van der Waals surface area (Å²) in [6.45, 7) is 5.51. The first-order chi connectivity index (χ1) is 11.4. The molecule has 1 aromatic rings. The van der Waals surface area contributed by atoms with Crippen molar-refractivity contribution in [3.8, 4) is 0 Å². The second-order valence-corrected chi connectivity index (χ2v) is 7.72. The third-order valence-corrected chi connectivity index (χ3v) is 5.25. The monoisotopic (exact) mass is 391 g/mol. The van der Waals surface area contributed by atoms with Crippen molar-refractivity contribution in [1.29, 1.82) is 0 Å². The van der Waals surface area contributed by atoms with E-state index in [1.807, 2.05) is 6.92 Å². The maximum Gasteiger partial charge on any atom is 0.232 e. The number of halogens is 1. The van der Waals surface area contributed by atoms with Crippen molar-refractivity contribution in [2.75, 3.05) is 35.6 Å². The van der Waals surface area contributed by atoms with E-state index in [9.17, 15) is 13.2 Å². The highest BCUT2D eigenvalue weighted by molar-refractivity contribution is 7.92. The van der Waals surface area contributed by atoms with Crippen molar-refractivity contribution in [2.24, 2.45) is 0 Å². The summed E-state index contributed by atoms with van der Waals surface area (Å²) in [6.07, 6.45) is 0.854. The molecule has 25 heavy (non-hydrogen) atoms. The first-order valence-electron chi connectivity index (χ1n) is 8.12. The zero-order valence-corrected chi connectivity index (χ0v) is 16.1. The van der Waals surface area contributed by atoms with E-state index >= 15 is 0 Å². The highest BCUT2D eigenvalue weighted by Gasteiger charge is 2.18. The van der Waals surface area contributed by atoms with Crippen LogP contribution in [-0.2, 0) is 19.6 Å². The number of hydrogen-bond acceptors (Lipinski definition) is 5. The average molecular weight is 392 g/mol. The van der Waals surface area contributed by atoms with Crippen LogP contribution >= 0.6 is 12.4 Å². The summed E-state index contributed by atoms with van der Waals surface area (Å²) in [5.74, 6) is -0.0641. The lowest BCUT2D eigenvalue weighted by Crippen LogP contribution is -2.43. The lowest BCUT2D eigenvalue weighted by atomic mass is 10.1. The molecule has 9 heteroatoms. The van der Waals surface area contributed by atoms with Gasteiger partial charge in [0.2, 0.25) is 15.9 Å². The first-order valence-corrected chi connectivity index (χ1v) is 9.77. The molecule has 1 fully saturated rings. The van der Waals surface area contributed by atoms with E-state index in [0.29, 0.717) is 43.0 Å². The maximum atomic E-state index is 12.2. The number of carbonyl (C=O) groups excluding carboxylic acids is 1. The van der Waals surface area contributed by atoms with Crippen LogP contribution in [0.4, 0.5) is 11.4 Å². The van der Waals surface area contributed by atoms with E-state index in [1.54, 1.807) is 25.1 Å². The van der Waals surface area contributed by atoms with Gasteiger partial charge in [0.05, 0.1) is 24.7 Å². The van der Waals surface area contributed by atoms with Crippen LogP contribution in [0.2, 0.25) is 0 Å². The molecular formula is C16H26ClN3O4S. The van der Waals surface area contributed by atoms with E-state index in [2.05, 4.69) is 15.4 Å². The van der Waals surface area contributed by atoms with Gasteiger partial charge >= 0.3 is 0 Å². The van der Waals surface area contributed by atoms with Crippen molar-refractivity contribution in [3.63, 3.8) is 0 Å². The minimum atomic E-state index is -3.36. The molecule has 0 radical (unpaired) electrons. The second-order valence-electron chi connectivity index (χ2n) is 5.88. The van der Waals surface area contributed by atoms with Crippen LogP contribution in [0.25, 0.3) is 0 Å². The maximum absolute atomic E-state index is 12.2. The van der Waals surface area contributed by atoms with Gasteiger partial charge in [-0.25, -0.2) is 8.42 Å². The fourth-order valence-electron chi connectivity index (χ4n) is 2.54. The van der Waals surface area contributed by atoms with Crippen LogP contribution in [0.15, 0.2) is 18.2 Å². The number of hydrogen-bond donors (Lipinski definition) is 3. The molecular weight excluding hydrogens is 366 g/mol. The minimum absolute atomic E-state index is 0. The van der Waals surface area contributed by atoms with Crippen LogP contribution in [0.3, 0.4) is 0 Å². The predicted molar refractivity (Wildman–Crippen MR) is 102 cm³/mol. The number of rotatable bonds is 7. The van der Waals surface area contributed by atoms with Crippen molar-refractivity contribution in [1.82, 2.24) is 5.32 Å². The number of anilines is 2. The van der Waals surface area contributed by atoms with Crippen LogP contribution in [0, 0.1) is 6.92 Å². The van der Waals surface area contributed by atoms with Gasteiger partial charge in [-0.05, 0) is 31.0 Å². The zero-order chi connectivity index (χ0) is 17.6.